The quantitative estimate of drug-likeness (QED) is 0.738. The molecule has 2 aliphatic heterocycles. The number of aromatic nitrogens is 2. The lowest BCUT2D eigenvalue weighted by Gasteiger charge is -2.38. The molecule has 0 spiro atoms. The third kappa shape index (κ3) is 4.74. The molecular formula is C23H31N5O3. The molecule has 8 heteroatoms. The Hall–Kier alpha value is -2.87. The number of hydrogen-bond acceptors (Lipinski definition) is 7. The fourth-order valence-corrected chi connectivity index (χ4v) is 3.92. The summed E-state index contributed by atoms with van der Waals surface area (Å²) in [6.45, 7) is 10.8. The van der Waals surface area contributed by atoms with Crippen molar-refractivity contribution in [1.29, 1.82) is 0 Å². The molecule has 0 aliphatic carbocycles. The minimum absolute atomic E-state index is 0.184. The second-order valence-electron chi connectivity index (χ2n) is 9.19. The molecular weight excluding hydrogens is 394 g/mol. The summed E-state index contributed by atoms with van der Waals surface area (Å²) in [5.74, 6) is 1.55. The van der Waals surface area contributed by atoms with E-state index in [-0.39, 0.29) is 12.1 Å². The van der Waals surface area contributed by atoms with Crippen molar-refractivity contribution >= 4 is 17.6 Å². The Labute approximate surface area is 183 Å². The summed E-state index contributed by atoms with van der Waals surface area (Å²) in [6, 6.07) is 7.79. The van der Waals surface area contributed by atoms with Gasteiger partial charge in [0.2, 0.25) is 0 Å². The highest BCUT2D eigenvalue weighted by Gasteiger charge is 2.32. The number of ether oxygens (including phenoxy) is 2. The second-order valence-corrected chi connectivity index (χ2v) is 9.19. The largest absolute Gasteiger partial charge is 0.444 e. The van der Waals surface area contributed by atoms with E-state index in [0.29, 0.717) is 44.2 Å². The zero-order chi connectivity index (χ0) is 22.2. The molecule has 31 heavy (non-hydrogen) atoms. The van der Waals surface area contributed by atoms with Crippen LogP contribution >= 0.6 is 0 Å². The molecule has 1 aromatic carbocycles. The maximum Gasteiger partial charge on any atom is 0.410 e. The van der Waals surface area contributed by atoms with Gasteiger partial charge in [-0.2, -0.15) is 0 Å². The van der Waals surface area contributed by atoms with Crippen LogP contribution in [0.3, 0.4) is 0 Å². The first-order chi connectivity index (χ1) is 14.7. The molecule has 1 aromatic heterocycles. The Morgan fingerprint density at radius 2 is 1.94 bits per heavy atom. The van der Waals surface area contributed by atoms with Gasteiger partial charge in [0.25, 0.3) is 0 Å². The molecule has 0 radical (unpaired) electrons. The van der Waals surface area contributed by atoms with Crippen LogP contribution in [0.5, 0.6) is 0 Å². The van der Waals surface area contributed by atoms with Gasteiger partial charge in [0.15, 0.2) is 5.82 Å². The smallest absolute Gasteiger partial charge is 0.410 e. The summed E-state index contributed by atoms with van der Waals surface area (Å²) >= 11 is 0. The Bertz CT molecular complexity index is 955. The number of benzene rings is 1. The van der Waals surface area contributed by atoms with Crippen LogP contribution in [0.15, 0.2) is 24.3 Å². The molecule has 1 fully saturated rings. The van der Waals surface area contributed by atoms with Crippen LogP contribution in [0.1, 0.15) is 39.0 Å². The predicted molar refractivity (Wildman–Crippen MR) is 120 cm³/mol. The van der Waals surface area contributed by atoms with E-state index in [1.165, 1.54) is 0 Å². The van der Waals surface area contributed by atoms with Gasteiger partial charge in [-0.3, -0.25) is 0 Å². The second kappa shape index (κ2) is 8.34. The van der Waals surface area contributed by atoms with E-state index in [1.54, 1.807) is 4.90 Å². The molecule has 0 saturated carbocycles. The summed E-state index contributed by atoms with van der Waals surface area (Å²) < 4.78 is 11.2. The number of anilines is 2. The van der Waals surface area contributed by atoms with E-state index in [1.807, 2.05) is 45.0 Å². The van der Waals surface area contributed by atoms with Crippen molar-refractivity contribution < 1.29 is 14.3 Å². The molecule has 2 aromatic rings. The Morgan fingerprint density at radius 3 is 2.61 bits per heavy atom. The van der Waals surface area contributed by atoms with Crippen molar-refractivity contribution in [3.05, 3.63) is 35.5 Å². The first kappa shape index (κ1) is 21.4. The number of morpholine rings is 1. The average Bonchev–Trinajstić information content (AvgIpc) is 2.72. The highest BCUT2D eigenvalue weighted by Crippen LogP contribution is 2.32. The molecule has 2 aliphatic rings. The zero-order valence-corrected chi connectivity index (χ0v) is 18.7. The zero-order valence-electron chi connectivity index (χ0n) is 18.7. The Morgan fingerprint density at radius 1 is 1.19 bits per heavy atom. The summed E-state index contributed by atoms with van der Waals surface area (Å²) in [7, 11) is 0. The SMILES string of the molecule is C[C@H]1COCCN1c1nc(-c2ccc(N)cc2)nc2c1CN(C(=O)OC(C)(C)C)CC2. The number of hydrogen-bond donors (Lipinski definition) is 1. The average molecular weight is 426 g/mol. The van der Waals surface area contributed by atoms with Gasteiger partial charge >= 0.3 is 6.09 Å². The summed E-state index contributed by atoms with van der Waals surface area (Å²) in [5.41, 5.74) is 8.92. The standard InChI is InChI=1S/C23H31N5O3/c1-15-14-30-12-11-28(15)21-18-13-27(22(29)31-23(2,3)4)10-9-19(18)25-20(26-21)16-5-7-17(24)8-6-16/h5-8,15H,9-14,24H2,1-4H3/t15-/m0/s1. The number of nitrogen functional groups attached to an aromatic ring is 1. The number of fused-ring (bicyclic) bond motifs is 1. The molecule has 1 amide bonds. The van der Waals surface area contributed by atoms with E-state index in [0.717, 1.165) is 29.2 Å². The number of nitrogens with two attached hydrogens (primary N) is 1. The van der Waals surface area contributed by atoms with Crippen molar-refractivity contribution in [2.45, 2.75) is 52.3 Å². The van der Waals surface area contributed by atoms with Crippen LogP contribution in [-0.2, 0) is 22.4 Å². The van der Waals surface area contributed by atoms with Gasteiger partial charge in [-0.15, -0.1) is 0 Å². The third-order valence-corrected chi connectivity index (χ3v) is 5.50. The van der Waals surface area contributed by atoms with Gasteiger partial charge in [-0.25, -0.2) is 14.8 Å². The minimum atomic E-state index is -0.533. The van der Waals surface area contributed by atoms with Crippen molar-refractivity contribution in [3.8, 4) is 11.4 Å². The Balaban J connectivity index is 1.73. The van der Waals surface area contributed by atoms with Gasteiger partial charge in [0.1, 0.15) is 11.4 Å². The molecule has 1 saturated heterocycles. The van der Waals surface area contributed by atoms with Crippen LogP contribution in [0.4, 0.5) is 16.3 Å². The first-order valence-electron chi connectivity index (χ1n) is 10.8. The fraction of sp³-hybridized carbons (Fsp3) is 0.522. The summed E-state index contributed by atoms with van der Waals surface area (Å²) in [4.78, 5) is 26.6. The lowest BCUT2D eigenvalue weighted by Crippen LogP contribution is -2.46. The number of rotatable bonds is 2. The van der Waals surface area contributed by atoms with Crippen molar-refractivity contribution in [2.75, 3.05) is 36.9 Å². The topological polar surface area (TPSA) is 93.8 Å². The summed E-state index contributed by atoms with van der Waals surface area (Å²) in [5, 5.41) is 0. The molecule has 1 atom stereocenters. The molecule has 4 rings (SSSR count). The van der Waals surface area contributed by atoms with Gasteiger partial charge < -0.3 is 25.0 Å². The van der Waals surface area contributed by atoms with Gasteiger partial charge in [0, 0.05) is 36.3 Å². The van der Waals surface area contributed by atoms with E-state index >= 15 is 0 Å². The van der Waals surface area contributed by atoms with E-state index < -0.39 is 5.60 Å². The lowest BCUT2D eigenvalue weighted by atomic mass is 10.0. The van der Waals surface area contributed by atoms with Crippen LogP contribution in [0.25, 0.3) is 11.4 Å². The van der Waals surface area contributed by atoms with Crippen LogP contribution in [0.2, 0.25) is 0 Å². The van der Waals surface area contributed by atoms with Crippen LogP contribution < -0.4 is 10.6 Å². The maximum atomic E-state index is 12.7. The third-order valence-electron chi connectivity index (χ3n) is 5.50. The first-order valence-corrected chi connectivity index (χ1v) is 10.8. The number of carbonyl (C=O) groups is 1. The summed E-state index contributed by atoms with van der Waals surface area (Å²) in [6.07, 6.45) is 0.354. The maximum absolute atomic E-state index is 12.7. The van der Waals surface area contributed by atoms with Gasteiger partial charge in [-0.05, 0) is 52.0 Å². The molecule has 8 nitrogen and oxygen atoms in total. The number of nitrogens with zero attached hydrogens (tertiary/aromatic N) is 4. The van der Waals surface area contributed by atoms with E-state index in [9.17, 15) is 4.79 Å². The lowest BCUT2D eigenvalue weighted by molar-refractivity contribution is 0.0222. The highest BCUT2D eigenvalue weighted by molar-refractivity contribution is 5.70. The van der Waals surface area contributed by atoms with Gasteiger partial charge in [0.05, 0.1) is 31.5 Å². The molecule has 3 heterocycles. The molecule has 2 N–H and O–H groups in total. The van der Waals surface area contributed by atoms with Crippen molar-refractivity contribution in [1.82, 2.24) is 14.9 Å². The predicted octanol–water partition coefficient (Wildman–Crippen LogP) is 3.24. The number of amides is 1. The Kier molecular flexibility index (Phi) is 5.75. The monoisotopic (exact) mass is 425 g/mol. The molecule has 166 valence electrons. The fourth-order valence-electron chi connectivity index (χ4n) is 3.92. The highest BCUT2D eigenvalue weighted by atomic mass is 16.6. The normalized spacial score (nSPS) is 19.2. The van der Waals surface area contributed by atoms with E-state index in [2.05, 4.69) is 11.8 Å². The molecule has 0 bridgehead atoms. The van der Waals surface area contributed by atoms with Gasteiger partial charge in [-0.1, -0.05) is 0 Å². The van der Waals surface area contributed by atoms with Crippen LogP contribution in [-0.4, -0.2) is 58.9 Å². The van der Waals surface area contributed by atoms with Crippen molar-refractivity contribution in [3.63, 3.8) is 0 Å². The molecule has 0 unspecified atom stereocenters. The minimum Gasteiger partial charge on any atom is -0.444 e. The van der Waals surface area contributed by atoms with E-state index in [4.69, 9.17) is 25.2 Å². The van der Waals surface area contributed by atoms with Crippen LogP contribution in [0, 0.1) is 0 Å². The number of carbonyl (C=O) groups excluding carboxylic acids is 1. The van der Waals surface area contributed by atoms with Crippen molar-refractivity contribution in [2.24, 2.45) is 0 Å².